The van der Waals surface area contributed by atoms with Gasteiger partial charge in [-0.1, -0.05) is 30.2 Å². The number of ether oxygens (including phenoxy) is 1. The molecule has 3 heteroatoms. The molecule has 20 heavy (non-hydrogen) atoms. The van der Waals surface area contributed by atoms with Crippen LogP contribution in [0.5, 0.6) is 5.75 Å². The smallest absolute Gasteiger partial charge is 0.271 e. The zero-order valence-electron chi connectivity index (χ0n) is 11.0. The number of methoxy groups -OCH3 is 1. The van der Waals surface area contributed by atoms with Crippen molar-refractivity contribution >= 4 is 12.0 Å². The highest BCUT2D eigenvalue weighted by Crippen LogP contribution is 1.99. The highest BCUT2D eigenvalue weighted by molar-refractivity contribution is 6.06. The van der Waals surface area contributed by atoms with E-state index in [1.54, 1.807) is 13.2 Å². The first-order valence-electron chi connectivity index (χ1n) is 6.03. The molecule has 2 aromatic carbocycles. The highest BCUT2D eigenvalue weighted by atomic mass is 16.5. The van der Waals surface area contributed by atoms with Gasteiger partial charge in [0.1, 0.15) is 5.75 Å². The molecule has 1 amide bonds. The largest absolute Gasteiger partial charge is 0.496 e. The maximum atomic E-state index is 10.9. The number of amides is 1. The van der Waals surface area contributed by atoms with Crippen LogP contribution in [0, 0.1) is 12.3 Å². The quantitative estimate of drug-likeness (QED) is 0.727. The van der Waals surface area contributed by atoms with Crippen molar-refractivity contribution in [3.63, 3.8) is 0 Å². The van der Waals surface area contributed by atoms with Crippen molar-refractivity contribution in [3.8, 4) is 18.1 Å². The van der Waals surface area contributed by atoms with Crippen LogP contribution >= 0.6 is 0 Å². The van der Waals surface area contributed by atoms with E-state index in [0.29, 0.717) is 11.1 Å². The van der Waals surface area contributed by atoms with Crippen LogP contribution < -0.4 is 15.3 Å². The molecule has 0 saturated heterocycles. The van der Waals surface area contributed by atoms with E-state index in [-0.39, 0.29) is 5.91 Å². The van der Waals surface area contributed by atoms with Crippen LogP contribution in [0.1, 0.15) is 5.56 Å². The van der Waals surface area contributed by atoms with Gasteiger partial charge in [-0.3, -0.25) is 4.79 Å². The fourth-order valence-corrected chi connectivity index (χ4v) is 1.76. The number of hydrogen-bond donors (Lipinski definition) is 0. The number of hydrogen-bond acceptors (Lipinski definition) is 2. The van der Waals surface area contributed by atoms with Gasteiger partial charge in [0.05, 0.1) is 12.5 Å². The summed E-state index contributed by atoms with van der Waals surface area (Å²) in [6.07, 6.45) is 6.58. The van der Waals surface area contributed by atoms with Crippen molar-refractivity contribution in [2.45, 2.75) is 0 Å². The van der Waals surface area contributed by atoms with Crippen molar-refractivity contribution in [2.75, 3.05) is 7.11 Å². The minimum atomic E-state index is -0.213. The molecular weight excluding hydrogens is 250 g/mol. The monoisotopic (exact) mass is 263 g/mol. The summed E-state index contributed by atoms with van der Waals surface area (Å²) in [5.41, 5.74) is 0.938. The second kappa shape index (κ2) is 6.35. The molecule has 1 heterocycles. The molecule has 0 saturated carbocycles. The summed E-state index contributed by atoms with van der Waals surface area (Å²) in [5.74, 6) is 3.01. The number of carbonyl (C=O) groups excluding carboxylic acids is 1. The molecule has 3 rings (SSSR count). The standard InChI is InChI=1S/C9H7NO2.C8H6/c1-12-8-4-2-3-7-6(8)5-9(11)10-7;1-2-8-6-4-3-5-7-8/h2-5H,1H3;1,3-7H. The van der Waals surface area contributed by atoms with Gasteiger partial charge in [-0.2, -0.15) is 0 Å². The first-order valence-corrected chi connectivity index (χ1v) is 6.03. The molecular formula is C17H13NO2. The first kappa shape index (κ1) is 13.6. The van der Waals surface area contributed by atoms with E-state index in [2.05, 4.69) is 10.9 Å². The predicted molar refractivity (Wildman–Crippen MR) is 77.6 cm³/mol. The van der Waals surface area contributed by atoms with E-state index < -0.39 is 0 Å². The lowest BCUT2D eigenvalue weighted by atomic mass is 10.2. The van der Waals surface area contributed by atoms with Crippen molar-refractivity contribution in [3.05, 3.63) is 64.7 Å². The molecule has 0 unspecified atom stereocenters. The van der Waals surface area contributed by atoms with Crippen molar-refractivity contribution in [2.24, 2.45) is 4.99 Å². The van der Waals surface area contributed by atoms with Crippen LogP contribution in [0.2, 0.25) is 0 Å². The molecule has 0 atom stereocenters. The van der Waals surface area contributed by atoms with Gasteiger partial charge in [0.15, 0.2) is 0 Å². The molecule has 0 aliphatic carbocycles. The number of terminal acetylenes is 1. The SMILES string of the molecule is C#Cc1ccccc1.COc1cccc2c1=CC(=O)N=2. The van der Waals surface area contributed by atoms with Crippen LogP contribution in [0.25, 0.3) is 6.08 Å². The number of benzene rings is 2. The number of nitrogens with zero attached hydrogens (tertiary/aromatic N) is 1. The Bertz CT molecular complexity index is 771. The first-order chi connectivity index (χ1) is 9.74. The Kier molecular flexibility index (Phi) is 4.31. The highest BCUT2D eigenvalue weighted by Gasteiger charge is 2.05. The second-order valence-corrected chi connectivity index (χ2v) is 4.00. The van der Waals surface area contributed by atoms with Crippen LogP contribution in [0.15, 0.2) is 53.5 Å². The summed E-state index contributed by atoms with van der Waals surface area (Å²) < 4.78 is 5.06. The Hall–Kier alpha value is -2.86. The summed E-state index contributed by atoms with van der Waals surface area (Å²) in [7, 11) is 1.58. The average molecular weight is 263 g/mol. The third-order valence-corrected chi connectivity index (χ3v) is 2.70. The zero-order chi connectivity index (χ0) is 14.4. The van der Waals surface area contributed by atoms with Crippen LogP contribution in [0.4, 0.5) is 0 Å². The van der Waals surface area contributed by atoms with Gasteiger partial charge in [0.25, 0.3) is 5.91 Å². The van der Waals surface area contributed by atoms with Gasteiger partial charge < -0.3 is 4.74 Å². The molecule has 0 aromatic heterocycles. The van der Waals surface area contributed by atoms with Crippen molar-refractivity contribution in [1.29, 1.82) is 0 Å². The molecule has 0 radical (unpaired) electrons. The van der Waals surface area contributed by atoms with Gasteiger partial charge >= 0.3 is 0 Å². The van der Waals surface area contributed by atoms with Crippen molar-refractivity contribution in [1.82, 2.24) is 0 Å². The normalized spacial score (nSPS) is 11.1. The van der Waals surface area contributed by atoms with Gasteiger partial charge in [-0.25, -0.2) is 4.99 Å². The van der Waals surface area contributed by atoms with Crippen LogP contribution in [-0.2, 0) is 4.79 Å². The average Bonchev–Trinajstić information content (AvgIpc) is 2.88. The lowest BCUT2D eigenvalue weighted by Gasteiger charge is -1.96. The lowest BCUT2D eigenvalue weighted by molar-refractivity contribution is -0.112. The van der Waals surface area contributed by atoms with Crippen LogP contribution in [-0.4, -0.2) is 13.0 Å². The minimum absolute atomic E-state index is 0.213. The van der Waals surface area contributed by atoms with Gasteiger partial charge in [-0.05, 0) is 24.3 Å². The topological polar surface area (TPSA) is 38.7 Å². The lowest BCUT2D eigenvalue weighted by Crippen LogP contribution is -2.22. The molecule has 98 valence electrons. The second-order valence-electron chi connectivity index (χ2n) is 4.00. The molecule has 0 N–H and O–H groups in total. The molecule has 0 bridgehead atoms. The maximum absolute atomic E-state index is 10.9. The van der Waals surface area contributed by atoms with Gasteiger partial charge in [0, 0.05) is 16.9 Å². The van der Waals surface area contributed by atoms with E-state index in [1.807, 2.05) is 42.5 Å². The summed E-state index contributed by atoms with van der Waals surface area (Å²) in [5, 5.41) is 1.48. The number of fused-ring (bicyclic) bond motifs is 1. The fraction of sp³-hybridized carbons (Fsp3) is 0.0588. The summed E-state index contributed by atoms with van der Waals surface area (Å²) in [6, 6.07) is 15.0. The third kappa shape index (κ3) is 3.12. The Balaban J connectivity index is 0.000000160. The minimum Gasteiger partial charge on any atom is -0.496 e. The Morgan fingerprint density at radius 2 is 1.85 bits per heavy atom. The third-order valence-electron chi connectivity index (χ3n) is 2.70. The molecule has 1 aliphatic rings. The summed E-state index contributed by atoms with van der Waals surface area (Å²) >= 11 is 0. The van der Waals surface area contributed by atoms with E-state index in [0.717, 1.165) is 10.8 Å². The molecule has 2 aromatic rings. The zero-order valence-corrected chi connectivity index (χ0v) is 11.0. The van der Waals surface area contributed by atoms with Crippen LogP contribution in [0.3, 0.4) is 0 Å². The van der Waals surface area contributed by atoms with Gasteiger partial charge in [-0.15, -0.1) is 6.42 Å². The summed E-state index contributed by atoms with van der Waals surface area (Å²) in [6.45, 7) is 0. The molecule has 3 nitrogen and oxygen atoms in total. The summed E-state index contributed by atoms with van der Waals surface area (Å²) in [4.78, 5) is 14.7. The molecule has 0 fully saturated rings. The Labute approximate surface area is 117 Å². The maximum Gasteiger partial charge on any atom is 0.271 e. The van der Waals surface area contributed by atoms with Crippen molar-refractivity contribution < 1.29 is 9.53 Å². The Morgan fingerprint density at radius 3 is 2.45 bits per heavy atom. The fourth-order valence-electron chi connectivity index (χ4n) is 1.76. The molecule has 0 spiro atoms. The predicted octanol–water partition coefficient (Wildman–Crippen LogP) is 1.30. The van der Waals surface area contributed by atoms with E-state index >= 15 is 0 Å². The Morgan fingerprint density at radius 1 is 1.10 bits per heavy atom. The number of rotatable bonds is 1. The molecule has 1 aliphatic heterocycles. The number of carbonyl (C=O) groups is 1. The van der Waals surface area contributed by atoms with Gasteiger partial charge in [0.2, 0.25) is 0 Å². The van der Waals surface area contributed by atoms with E-state index in [9.17, 15) is 4.79 Å². The van der Waals surface area contributed by atoms with E-state index in [1.165, 1.54) is 6.08 Å². The van der Waals surface area contributed by atoms with E-state index in [4.69, 9.17) is 11.2 Å².